The molecule has 2 rings (SSSR count). The van der Waals surface area contributed by atoms with E-state index in [0.717, 1.165) is 57.1 Å². The van der Waals surface area contributed by atoms with Crippen molar-refractivity contribution in [2.24, 2.45) is 0 Å². The molecule has 0 amide bonds. The van der Waals surface area contributed by atoms with Crippen LogP contribution in [-0.2, 0) is 11.3 Å². The van der Waals surface area contributed by atoms with E-state index in [2.05, 4.69) is 15.6 Å². The predicted octanol–water partition coefficient (Wildman–Crippen LogP) is 1.39. The van der Waals surface area contributed by atoms with Gasteiger partial charge in [-0.3, -0.25) is 0 Å². The third-order valence-corrected chi connectivity index (χ3v) is 3.68. The summed E-state index contributed by atoms with van der Waals surface area (Å²) in [5, 5.41) is 9.89. The zero-order valence-corrected chi connectivity index (χ0v) is 11.0. The summed E-state index contributed by atoms with van der Waals surface area (Å²) in [5.41, 5.74) is 0. The number of ether oxygens (including phenoxy) is 1. The molecule has 96 valence electrons. The van der Waals surface area contributed by atoms with Crippen LogP contribution in [0.4, 0.5) is 0 Å². The molecule has 0 unspecified atom stereocenters. The lowest BCUT2D eigenvalue weighted by Gasteiger charge is -2.22. The Morgan fingerprint density at radius 1 is 1.47 bits per heavy atom. The molecule has 0 atom stereocenters. The molecule has 1 aliphatic rings. The van der Waals surface area contributed by atoms with Gasteiger partial charge in [-0.15, -0.1) is 11.3 Å². The van der Waals surface area contributed by atoms with Gasteiger partial charge in [-0.25, -0.2) is 4.98 Å². The second-order valence-electron chi connectivity index (χ2n) is 4.28. The number of nitrogens with zero attached hydrogens (tertiary/aromatic N) is 1. The van der Waals surface area contributed by atoms with Crippen molar-refractivity contribution in [3.8, 4) is 0 Å². The number of hydrogen-bond donors (Lipinski definition) is 2. The Morgan fingerprint density at radius 3 is 3.12 bits per heavy atom. The average molecular weight is 255 g/mol. The monoisotopic (exact) mass is 255 g/mol. The van der Waals surface area contributed by atoms with Crippen LogP contribution in [0.15, 0.2) is 11.6 Å². The van der Waals surface area contributed by atoms with E-state index >= 15 is 0 Å². The summed E-state index contributed by atoms with van der Waals surface area (Å²) in [5.74, 6) is 0. The van der Waals surface area contributed by atoms with Crippen LogP contribution in [0.5, 0.6) is 0 Å². The molecule has 17 heavy (non-hydrogen) atoms. The van der Waals surface area contributed by atoms with Crippen LogP contribution in [0.3, 0.4) is 0 Å². The molecule has 0 saturated carbocycles. The van der Waals surface area contributed by atoms with Crippen molar-refractivity contribution in [1.82, 2.24) is 15.6 Å². The number of piperidine rings is 1. The van der Waals surface area contributed by atoms with E-state index in [1.165, 1.54) is 0 Å². The SMILES string of the molecule is c1csc(CNCCCOC2CCNCC2)n1. The van der Waals surface area contributed by atoms with E-state index in [9.17, 15) is 0 Å². The summed E-state index contributed by atoms with van der Waals surface area (Å²) in [6.07, 6.45) is 5.73. The van der Waals surface area contributed by atoms with Crippen LogP contribution in [0.1, 0.15) is 24.3 Å². The maximum atomic E-state index is 5.83. The number of thiazole rings is 1. The summed E-state index contributed by atoms with van der Waals surface area (Å²) in [7, 11) is 0. The molecule has 5 heteroatoms. The predicted molar refractivity (Wildman–Crippen MR) is 70.3 cm³/mol. The van der Waals surface area contributed by atoms with Gasteiger partial charge < -0.3 is 15.4 Å². The van der Waals surface area contributed by atoms with E-state index in [4.69, 9.17) is 4.74 Å². The second kappa shape index (κ2) is 7.76. The van der Waals surface area contributed by atoms with Crippen LogP contribution in [0.2, 0.25) is 0 Å². The molecule has 0 spiro atoms. The topological polar surface area (TPSA) is 46.2 Å². The number of rotatable bonds is 7. The van der Waals surface area contributed by atoms with Crippen LogP contribution in [0, 0.1) is 0 Å². The van der Waals surface area contributed by atoms with Crippen molar-refractivity contribution >= 4 is 11.3 Å². The van der Waals surface area contributed by atoms with Crippen molar-refractivity contribution in [2.75, 3.05) is 26.2 Å². The Kier molecular flexibility index (Phi) is 5.92. The van der Waals surface area contributed by atoms with Gasteiger partial charge in [-0.05, 0) is 38.9 Å². The number of nitrogens with one attached hydrogen (secondary N) is 2. The van der Waals surface area contributed by atoms with Gasteiger partial charge in [0.05, 0.1) is 6.10 Å². The molecule has 0 aliphatic carbocycles. The molecule has 0 radical (unpaired) electrons. The van der Waals surface area contributed by atoms with Gasteiger partial charge in [0.2, 0.25) is 0 Å². The van der Waals surface area contributed by atoms with Crippen LogP contribution < -0.4 is 10.6 Å². The van der Waals surface area contributed by atoms with Gasteiger partial charge in [0.25, 0.3) is 0 Å². The molecule has 4 nitrogen and oxygen atoms in total. The van der Waals surface area contributed by atoms with Crippen molar-refractivity contribution in [1.29, 1.82) is 0 Å². The Hall–Kier alpha value is -0.490. The van der Waals surface area contributed by atoms with Gasteiger partial charge in [0.1, 0.15) is 5.01 Å². The minimum absolute atomic E-state index is 0.482. The summed E-state index contributed by atoms with van der Waals surface area (Å²) >= 11 is 1.70. The number of aromatic nitrogens is 1. The molecular formula is C12H21N3OS. The van der Waals surface area contributed by atoms with Gasteiger partial charge >= 0.3 is 0 Å². The lowest BCUT2D eigenvalue weighted by atomic mass is 10.1. The molecule has 1 aliphatic heterocycles. The largest absolute Gasteiger partial charge is 0.378 e. The van der Waals surface area contributed by atoms with Crippen LogP contribution in [-0.4, -0.2) is 37.3 Å². The fourth-order valence-corrected chi connectivity index (χ4v) is 2.53. The van der Waals surface area contributed by atoms with Crippen LogP contribution in [0.25, 0.3) is 0 Å². The maximum absolute atomic E-state index is 5.83. The first kappa shape index (κ1) is 13.0. The summed E-state index contributed by atoms with van der Waals surface area (Å²) in [6.45, 7) is 4.96. The Bertz CT molecular complexity index is 286. The Morgan fingerprint density at radius 2 is 2.35 bits per heavy atom. The molecule has 1 fully saturated rings. The summed E-state index contributed by atoms with van der Waals surface area (Å²) in [6, 6.07) is 0. The average Bonchev–Trinajstić information content (AvgIpc) is 2.88. The highest BCUT2D eigenvalue weighted by atomic mass is 32.1. The van der Waals surface area contributed by atoms with Gasteiger partial charge in [-0.1, -0.05) is 0 Å². The quantitative estimate of drug-likeness (QED) is 0.723. The van der Waals surface area contributed by atoms with Crippen molar-refractivity contribution in [2.45, 2.75) is 31.9 Å². The minimum Gasteiger partial charge on any atom is -0.378 e. The highest BCUT2D eigenvalue weighted by Crippen LogP contribution is 2.07. The summed E-state index contributed by atoms with van der Waals surface area (Å²) in [4.78, 5) is 4.23. The molecule has 1 aromatic heterocycles. The molecule has 2 N–H and O–H groups in total. The summed E-state index contributed by atoms with van der Waals surface area (Å²) < 4.78 is 5.83. The zero-order valence-electron chi connectivity index (χ0n) is 10.2. The normalized spacial score (nSPS) is 17.4. The molecule has 1 saturated heterocycles. The van der Waals surface area contributed by atoms with E-state index in [1.807, 2.05) is 11.6 Å². The van der Waals surface area contributed by atoms with E-state index in [-0.39, 0.29) is 0 Å². The lowest BCUT2D eigenvalue weighted by molar-refractivity contribution is 0.0317. The molecule has 1 aromatic rings. The highest BCUT2D eigenvalue weighted by Gasteiger charge is 2.12. The smallest absolute Gasteiger partial charge is 0.106 e. The minimum atomic E-state index is 0.482. The number of hydrogen-bond acceptors (Lipinski definition) is 5. The Balaban J connectivity index is 1.43. The van der Waals surface area contributed by atoms with E-state index in [1.54, 1.807) is 11.3 Å². The maximum Gasteiger partial charge on any atom is 0.106 e. The highest BCUT2D eigenvalue weighted by molar-refractivity contribution is 7.09. The standard InChI is InChI=1S/C12H21N3OS/c1(4-14-10-12-15-7-9-17-12)8-16-11-2-5-13-6-3-11/h7,9,11,13-14H,1-6,8,10H2. The fourth-order valence-electron chi connectivity index (χ4n) is 1.94. The van der Waals surface area contributed by atoms with Crippen molar-refractivity contribution in [3.63, 3.8) is 0 Å². The van der Waals surface area contributed by atoms with Crippen LogP contribution >= 0.6 is 11.3 Å². The molecule has 2 heterocycles. The van der Waals surface area contributed by atoms with E-state index < -0.39 is 0 Å². The lowest BCUT2D eigenvalue weighted by Crippen LogP contribution is -2.32. The molecule has 0 bridgehead atoms. The Labute approximate surface area is 107 Å². The van der Waals surface area contributed by atoms with E-state index in [0.29, 0.717) is 6.10 Å². The molecular weight excluding hydrogens is 234 g/mol. The molecule has 0 aromatic carbocycles. The zero-order chi connectivity index (χ0) is 11.8. The van der Waals surface area contributed by atoms with Crippen molar-refractivity contribution in [3.05, 3.63) is 16.6 Å². The first-order chi connectivity index (χ1) is 8.45. The van der Waals surface area contributed by atoms with Crippen molar-refractivity contribution < 1.29 is 4.74 Å². The second-order valence-corrected chi connectivity index (χ2v) is 5.26. The van der Waals surface area contributed by atoms with Gasteiger partial charge in [0.15, 0.2) is 0 Å². The third kappa shape index (κ3) is 5.12. The first-order valence-corrected chi connectivity index (χ1v) is 7.24. The van der Waals surface area contributed by atoms with Gasteiger partial charge in [0, 0.05) is 24.7 Å². The van der Waals surface area contributed by atoms with Gasteiger partial charge in [-0.2, -0.15) is 0 Å². The fraction of sp³-hybridized carbons (Fsp3) is 0.750. The first-order valence-electron chi connectivity index (χ1n) is 6.36. The third-order valence-electron chi connectivity index (χ3n) is 2.90.